The quantitative estimate of drug-likeness (QED) is 0.308. The molecule has 8 heteroatoms. The van der Waals surface area contributed by atoms with Crippen molar-refractivity contribution < 1.29 is 13.2 Å². The molecule has 1 saturated heterocycles. The molecule has 174 valence electrons. The topological polar surface area (TPSA) is 71.6 Å². The molecule has 3 heterocycles. The number of sulfonamides is 1. The molecule has 5 nitrogen and oxygen atoms in total. The van der Waals surface area contributed by atoms with Gasteiger partial charge in [0.05, 0.1) is 23.6 Å². The molecule has 6 rings (SSSR count). The Bertz CT molecular complexity index is 1510. The van der Waals surface area contributed by atoms with E-state index in [1.807, 2.05) is 42.6 Å². The van der Waals surface area contributed by atoms with Crippen LogP contribution in [0.1, 0.15) is 41.8 Å². The molecular formula is C26H23ClN2O3S2. The number of rotatable bonds is 7. The van der Waals surface area contributed by atoms with Gasteiger partial charge in [0.1, 0.15) is 5.60 Å². The van der Waals surface area contributed by atoms with Gasteiger partial charge in [0.25, 0.3) is 0 Å². The van der Waals surface area contributed by atoms with E-state index in [9.17, 15) is 8.42 Å². The van der Waals surface area contributed by atoms with Crippen LogP contribution in [-0.4, -0.2) is 25.3 Å². The normalized spacial score (nSPS) is 21.0. The molecule has 2 aliphatic rings. The van der Waals surface area contributed by atoms with Gasteiger partial charge < -0.3 is 4.74 Å². The first-order valence-electron chi connectivity index (χ1n) is 11.2. The summed E-state index contributed by atoms with van der Waals surface area (Å²) >= 11 is 8.11. The van der Waals surface area contributed by atoms with Gasteiger partial charge in [-0.1, -0.05) is 48.0 Å². The summed E-state index contributed by atoms with van der Waals surface area (Å²) < 4.78 is 35.5. The van der Waals surface area contributed by atoms with Crippen molar-refractivity contribution in [2.75, 3.05) is 6.61 Å². The summed E-state index contributed by atoms with van der Waals surface area (Å²) in [4.78, 5) is 5.53. The molecule has 34 heavy (non-hydrogen) atoms. The molecule has 1 saturated carbocycles. The Morgan fingerprint density at radius 2 is 1.94 bits per heavy atom. The van der Waals surface area contributed by atoms with Crippen LogP contribution < -0.4 is 4.72 Å². The van der Waals surface area contributed by atoms with Crippen molar-refractivity contribution in [3.8, 4) is 11.3 Å². The molecule has 2 fully saturated rings. The number of nitrogens with one attached hydrogen (secondary N) is 1. The lowest BCUT2D eigenvalue weighted by atomic mass is 10.00. The highest BCUT2D eigenvalue weighted by molar-refractivity contribution is 7.90. The number of hydrogen-bond donors (Lipinski definition) is 1. The third kappa shape index (κ3) is 4.06. The summed E-state index contributed by atoms with van der Waals surface area (Å²) in [5.74, 6) is 0. The van der Waals surface area contributed by atoms with Crippen molar-refractivity contribution in [2.45, 2.75) is 36.7 Å². The molecule has 2 aromatic carbocycles. The van der Waals surface area contributed by atoms with E-state index in [-0.39, 0.29) is 10.9 Å². The van der Waals surface area contributed by atoms with Gasteiger partial charge in [-0.25, -0.2) is 13.1 Å². The lowest BCUT2D eigenvalue weighted by molar-refractivity contribution is 0.329. The van der Waals surface area contributed by atoms with Gasteiger partial charge in [0.2, 0.25) is 10.0 Å². The Balaban J connectivity index is 1.46. The molecule has 0 bridgehead atoms. The minimum atomic E-state index is -3.44. The maximum Gasteiger partial charge on any atom is 0.215 e. The molecule has 1 unspecified atom stereocenters. The summed E-state index contributed by atoms with van der Waals surface area (Å²) in [6, 6.07) is 19.1. The zero-order chi connectivity index (χ0) is 23.5. The molecule has 1 aliphatic carbocycles. The Hall–Kier alpha value is -2.29. The molecular weight excluding hydrogens is 488 g/mol. The van der Waals surface area contributed by atoms with Crippen LogP contribution in [0.3, 0.4) is 0 Å². The second-order valence-electron chi connectivity index (χ2n) is 9.14. The van der Waals surface area contributed by atoms with Crippen LogP contribution in [0.15, 0.2) is 66.9 Å². The minimum Gasteiger partial charge on any atom is -0.365 e. The molecule has 1 N–H and O–H groups in total. The Labute approximate surface area is 207 Å². The smallest absolute Gasteiger partial charge is 0.215 e. The summed E-state index contributed by atoms with van der Waals surface area (Å²) in [6.07, 6.45) is 3.22. The van der Waals surface area contributed by atoms with Gasteiger partial charge in [-0.3, -0.25) is 4.98 Å². The molecule has 2 atom stereocenters. The highest BCUT2D eigenvalue weighted by atomic mass is 35.5. The summed E-state index contributed by atoms with van der Waals surface area (Å²) in [5.41, 5.74) is 3.52. The van der Waals surface area contributed by atoms with Crippen molar-refractivity contribution in [1.82, 2.24) is 9.71 Å². The fourth-order valence-corrected chi connectivity index (χ4v) is 7.34. The maximum atomic E-state index is 12.9. The standard InChI is InChI=1S/C26H23ClN2O3S2/c1-26(15-32-26)17-11-12-28-22(14-17)20-7-4-5-16-13-23(33-25(16)20)24(19-6-2-3-8-21(19)27)29-34(30,31)18-9-10-18/h2-8,11-14,18,24,29H,9-10,15H2,1H3/t24-,26?/m1/s1. The number of pyridine rings is 1. The van der Waals surface area contributed by atoms with Crippen LogP contribution >= 0.6 is 22.9 Å². The molecule has 0 spiro atoms. The van der Waals surface area contributed by atoms with Gasteiger partial charge in [-0.2, -0.15) is 0 Å². The zero-order valence-electron chi connectivity index (χ0n) is 18.5. The van der Waals surface area contributed by atoms with Gasteiger partial charge >= 0.3 is 0 Å². The first kappa shape index (κ1) is 22.2. The van der Waals surface area contributed by atoms with Crippen LogP contribution in [0.4, 0.5) is 0 Å². The number of hydrogen-bond acceptors (Lipinski definition) is 5. The van der Waals surface area contributed by atoms with Crippen LogP contribution in [-0.2, 0) is 20.4 Å². The number of aromatic nitrogens is 1. The number of fused-ring (bicyclic) bond motifs is 1. The van der Waals surface area contributed by atoms with E-state index < -0.39 is 16.1 Å². The number of epoxide rings is 1. The van der Waals surface area contributed by atoms with Gasteiger partial charge in [0.15, 0.2) is 0 Å². The van der Waals surface area contributed by atoms with Crippen LogP contribution in [0, 0.1) is 0 Å². The Morgan fingerprint density at radius 1 is 1.15 bits per heavy atom. The average Bonchev–Trinajstić information content (AvgIpc) is 3.76. The van der Waals surface area contributed by atoms with E-state index in [0.29, 0.717) is 24.5 Å². The predicted octanol–water partition coefficient (Wildman–Crippen LogP) is 6.03. The summed E-state index contributed by atoms with van der Waals surface area (Å²) in [5, 5.41) is 1.26. The van der Waals surface area contributed by atoms with Gasteiger partial charge in [-0.15, -0.1) is 11.3 Å². The first-order valence-corrected chi connectivity index (χ1v) is 14.0. The highest BCUT2D eigenvalue weighted by Gasteiger charge is 2.41. The van der Waals surface area contributed by atoms with Crippen molar-refractivity contribution in [3.05, 3.63) is 87.9 Å². The third-order valence-corrected chi connectivity index (χ3v) is 10.0. The maximum absolute atomic E-state index is 12.9. The monoisotopic (exact) mass is 510 g/mol. The number of nitrogens with zero attached hydrogens (tertiary/aromatic N) is 1. The fourth-order valence-electron chi connectivity index (χ4n) is 4.23. The van der Waals surface area contributed by atoms with Crippen molar-refractivity contribution >= 4 is 43.0 Å². The van der Waals surface area contributed by atoms with Crippen molar-refractivity contribution in [3.63, 3.8) is 0 Å². The second kappa shape index (κ2) is 8.14. The van der Waals surface area contributed by atoms with Crippen molar-refractivity contribution in [1.29, 1.82) is 0 Å². The highest BCUT2D eigenvalue weighted by Crippen LogP contribution is 2.43. The van der Waals surface area contributed by atoms with E-state index in [1.165, 1.54) is 0 Å². The Kier molecular flexibility index (Phi) is 5.31. The minimum absolute atomic E-state index is 0.234. The summed E-state index contributed by atoms with van der Waals surface area (Å²) in [6.45, 7) is 2.79. The Morgan fingerprint density at radius 3 is 2.68 bits per heavy atom. The third-order valence-electron chi connectivity index (χ3n) is 6.53. The molecule has 1 aliphatic heterocycles. The molecule has 4 aromatic rings. The number of benzene rings is 2. The van der Waals surface area contributed by atoms with E-state index in [1.54, 1.807) is 17.4 Å². The zero-order valence-corrected chi connectivity index (χ0v) is 20.9. The molecule has 0 amide bonds. The fraction of sp³-hybridized carbons (Fsp3) is 0.269. The van der Waals surface area contributed by atoms with Gasteiger partial charge in [0, 0.05) is 26.4 Å². The van der Waals surface area contributed by atoms with Crippen LogP contribution in [0.2, 0.25) is 5.02 Å². The largest absolute Gasteiger partial charge is 0.365 e. The van der Waals surface area contributed by atoms with E-state index in [0.717, 1.165) is 37.3 Å². The predicted molar refractivity (Wildman–Crippen MR) is 137 cm³/mol. The molecule has 2 aromatic heterocycles. The van der Waals surface area contributed by atoms with E-state index in [2.05, 4.69) is 34.8 Å². The van der Waals surface area contributed by atoms with E-state index >= 15 is 0 Å². The van der Waals surface area contributed by atoms with Gasteiger partial charge in [-0.05, 0) is 60.5 Å². The van der Waals surface area contributed by atoms with Crippen molar-refractivity contribution in [2.24, 2.45) is 0 Å². The number of halogens is 1. The second-order valence-corrected chi connectivity index (χ2v) is 12.6. The number of ether oxygens (including phenoxy) is 1. The van der Waals surface area contributed by atoms with Crippen LogP contribution in [0.25, 0.3) is 21.3 Å². The lowest BCUT2D eigenvalue weighted by Gasteiger charge is -2.19. The van der Waals surface area contributed by atoms with E-state index in [4.69, 9.17) is 16.3 Å². The average molecular weight is 511 g/mol. The molecule has 0 radical (unpaired) electrons. The number of thiophene rings is 1. The first-order chi connectivity index (χ1) is 16.3. The van der Waals surface area contributed by atoms with Crippen LogP contribution in [0.5, 0.6) is 0 Å². The SMILES string of the molecule is CC1(c2ccnc(-c3cccc4cc([C@H](NS(=O)(=O)C5CC5)c5ccccc5Cl)sc34)c2)CO1. The summed E-state index contributed by atoms with van der Waals surface area (Å²) in [7, 11) is -3.44. The lowest BCUT2D eigenvalue weighted by Crippen LogP contribution is -2.31.